The van der Waals surface area contributed by atoms with Gasteiger partial charge in [-0.25, -0.2) is 9.59 Å². The average Bonchev–Trinajstić information content (AvgIpc) is 3.28. The van der Waals surface area contributed by atoms with Crippen LogP contribution in [0.3, 0.4) is 0 Å². The van der Waals surface area contributed by atoms with Crippen LogP contribution in [0.4, 0.5) is 11.4 Å². The van der Waals surface area contributed by atoms with E-state index < -0.39 is 11.9 Å². The van der Waals surface area contributed by atoms with Crippen LogP contribution in [0.5, 0.6) is 0 Å². The molecule has 1 aliphatic rings. The summed E-state index contributed by atoms with van der Waals surface area (Å²) >= 11 is 0. The number of nitrogens with one attached hydrogen (secondary N) is 2. The predicted molar refractivity (Wildman–Crippen MR) is 128 cm³/mol. The van der Waals surface area contributed by atoms with Crippen molar-refractivity contribution < 1.29 is 28.7 Å². The summed E-state index contributed by atoms with van der Waals surface area (Å²) in [6.07, 6.45) is 4.14. The maximum Gasteiger partial charge on any atom is 0.354 e. The first-order chi connectivity index (χ1) is 16.7. The molecule has 0 radical (unpaired) electrons. The van der Waals surface area contributed by atoms with Crippen LogP contribution in [0.1, 0.15) is 27.4 Å². The SMILES string of the molecule is COC(=O)c1cc(NC(=O)CN2CCCN(CC(=O)Nc3cc(C(=O)OC)n(C)c3)CC2)cn1C. The Morgan fingerprint density at radius 2 is 1.14 bits per heavy atom. The van der Waals surface area contributed by atoms with Crippen LogP contribution in [-0.2, 0) is 33.2 Å². The van der Waals surface area contributed by atoms with Crippen molar-refractivity contribution in [2.24, 2.45) is 14.1 Å². The highest BCUT2D eigenvalue weighted by Gasteiger charge is 2.20. The molecule has 0 aliphatic carbocycles. The molecule has 2 amide bonds. The van der Waals surface area contributed by atoms with Crippen LogP contribution in [0.2, 0.25) is 0 Å². The lowest BCUT2D eigenvalue weighted by molar-refractivity contribution is -0.118. The van der Waals surface area contributed by atoms with E-state index >= 15 is 0 Å². The number of anilines is 2. The first kappa shape index (κ1) is 26.0. The third-order valence-corrected chi connectivity index (χ3v) is 5.78. The van der Waals surface area contributed by atoms with Crippen molar-refractivity contribution in [3.63, 3.8) is 0 Å². The zero-order valence-corrected chi connectivity index (χ0v) is 20.5. The standard InChI is InChI=1S/C23H32N6O6/c1-26-12-16(10-18(26)22(32)34-3)24-20(30)14-28-6-5-7-29(9-8-28)15-21(31)25-17-11-19(23(33)35-4)27(2)13-17/h10-13H,5-9,14-15H2,1-4H3,(H,24,30)(H,25,31). The molecule has 12 heteroatoms. The van der Waals surface area contributed by atoms with E-state index in [1.54, 1.807) is 47.8 Å². The van der Waals surface area contributed by atoms with Crippen molar-refractivity contribution >= 4 is 35.1 Å². The van der Waals surface area contributed by atoms with E-state index in [-0.39, 0.29) is 24.9 Å². The van der Waals surface area contributed by atoms with Crippen molar-refractivity contribution in [1.82, 2.24) is 18.9 Å². The number of carbonyl (C=O) groups is 4. The van der Waals surface area contributed by atoms with Crippen LogP contribution in [0.15, 0.2) is 24.5 Å². The van der Waals surface area contributed by atoms with Crippen molar-refractivity contribution in [1.29, 1.82) is 0 Å². The summed E-state index contributed by atoms with van der Waals surface area (Å²) in [5.41, 5.74) is 1.76. The van der Waals surface area contributed by atoms with Gasteiger partial charge in [-0.3, -0.25) is 19.4 Å². The van der Waals surface area contributed by atoms with Crippen LogP contribution in [0, 0.1) is 0 Å². The minimum absolute atomic E-state index is 0.177. The summed E-state index contributed by atoms with van der Waals surface area (Å²) in [6.45, 7) is 3.16. The molecule has 0 aromatic carbocycles. The average molecular weight is 489 g/mol. The number of aryl methyl sites for hydroxylation is 2. The van der Waals surface area contributed by atoms with Gasteiger partial charge in [-0.1, -0.05) is 0 Å². The molecule has 3 heterocycles. The minimum Gasteiger partial charge on any atom is -0.464 e. The Morgan fingerprint density at radius 1 is 0.743 bits per heavy atom. The summed E-state index contributed by atoms with van der Waals surface area (Å²) in [6, 6.07) is 3.15. The lowest BCUT2D eigenvalue weighted by Crippen LogP contribution is -2.38. The van der Waals surface area contributed by atoms with Crippen LogP contribution in [0.25, 0.3) is 0 Å². The Bertz CT molecular complexity index is 1010. The molecule has 1 aliphatic heterocycles. The molecule has 0 bridgehead atoms. The van der Waals surface area contributed by atoms with Crippen molar-refractivity contribution in [2.75, 3.05) is 64.1 Å². The van der Waals surface area contributed by atoms with Gasteiger partial charge in [-0.05, 0) is 31.6 Å². The largest absolute Gasteiger partial charge is 0.464 e. The molecule has 2 aromatic heterocycles. The van der Waals surface area contributed by atoms with E-state index in [0.717, 1.165) is 19.5 Å². The highest BCUT2D eigenvalue weighted by atomic mass is 16.5. The fraction of sp³-hybridized carbons (Fsp3) is 0.478. The fourth-order valence-electron chi connectivity index (χ4n) is 4.03. The van der Waals surface area contributed by atoms with Crippen LogP contribution in [-0.4, -0.2) is 96.2 Å². The lowest BCUT2D eigenvalue weighted by Gasteiger charge is -2.21. The molecule has 2 N–H and O–H groups in total. The van der Waals surface area contributed by atoms with Gasteiger partial charge in [0.05, 0.1) is 38.7 Å². The normalized spacial score (nSPS) is 14.7. The van der Waals surface area contributed by atoms with Crippen molar-refractivity contribution in [2.45, 2.75) is 6.42 Å². The van der Waals surface area contributed by atoms with Crippen molar-refractivity contribution in [3.8, 4) is 0 Å². The molecule has 0 atom stereocenters. The first-order valence-corrected chi connectivity index (χ1v) is 11.2. The Morgan fingerprint density at radius 3 is 1.51 bits per heavy atom. The summed E-state index contributed by atoms with van der Waals surface area (Å²) in [5, 5.41) is 5.63. The van der Waals surface area contributed by atoms with E-state index in [4.69, 9.17) is 9.47 Å². The summed E-state index contributed by atoms with van der Waals surface area (Å²) in [7, 11) is 6.03. The number of rotatable bonds is 8. The molecule has 1 fully saturated rings. The number of esters is 2. The molecule has 190 valence electrons. The second-order valence-electron chi connectivity index (χ2n) is 8.44. The van der Waals surface area contributed by atoms with Gasteiger partial charge in [-0.15, -0.1) is 0 Å². The fourth-order valence-corrected chi connectivity index (χ4v) is 4.03. The first-order valence-electron chi connectivity index (χ1n) is 11.2. The van der Waals surface area contributed by atoms with Crippen molar-refractivity contribution in [3.05, 3.63) is 35.9 Å². The Kier molecular flexibility index (Phi) is 8.66. The molecular weight excluding hydrogens is 456 g/mol. The lowest BCUT2D eigenvalue weighted by atomic mass is 10.3. The second kappa shape index (κ2) is 11.7. The third-order valence-electron chi connectivity index (χ3n) is 5.78. The number of ether oxygens (including phenoxy) is 2. The zero-order chi connectivity index (χ0) is 25.5. The maximum absolute atomic E-state index is 12.5. The topological polar surface area (TPSA) is 127 Å². The van der Waals surface area contributed by atoms with Gasteiger partial charge < -0.3 is 29.2 Å². The van der Waals surface area contributed by atoms with Gasteiger partial charge in [0.1, 0.15) is 11.4 Å². The Hall–Kier alpha value is -3.64. The van der Waals surface area contributed by atoms with E-state index in [2.05, 4.69) is 10.6 Å². The highest BCUT2D eigenvalue weighted by molar-refractivity contribution is 5.96. The van der Waals surface area contributed by atoms with Gasteiger partial charge in [0, 0.05) is 39.6 Å². The highest BCUT2D eigenvalue weighted by Crippen LogP contribution is 2.15. The molecule has 0 unspecified atom stereocenters. The van der Waals surface area contributed by atoms with Gasteiger partial charge >= 0.3 is 11.9 Å². The van der Waals surface area contributed by atoms with E-state index in [9.17, 15) is 19.2 Å². The van der Waals surface area contributed by atoms with Gasteiger partial charge in [-0.2, -0.15) is 0 Å². The number of hydrogen-bond acceptors (Lipinski definition) is 8. The second-order valence-corrected chi connectivity index (χ2v) is 8.44. The monoisotopic (exact) mass is 488 g/mol. The molecule has 0 spiro atoms. The number of hydrogen-bond donors (Lipinski definition) is 2. The Labute approximate surface area is 203 Å². The predicted octanol–water partition coefficient (Wildman–Crippen LogP) is 0.522. The quantitative estimate of drug-likeness (QED) is 0.515. The minimum atomic E-state index is -0.471. The zero-order valence-electron chi connectivity index (χ0n) is 20.5. The molecule has 12 nitrogen and oxygen atoms in total. The number of nitrogens with zero attached hydrogens (tertiary/aromatic N) is 4. The molecule has 0 saturated carbocycles. The van der Waals surface area contributed by atoms with E-state index in [1.165, 1.54) is 14.2 Å². The summed E-state index contributed by atoms with van der Waals surface area (Å²) in [5.74, 6) is -1.30. The molecule has 3 rings (SSSR count). The molecule has 1 saturated heterocycles. The smallest absolute Gasteiger partial charge is 0.354 e. The Balaban J connectivity index is 1.46. The van der Waals surface area contributed by atoms with E-state index in [1.807, 2.05) is 9.80 Å². The number of aromatic nitrogens is 2. The van der Waals surface area contributed by atoms with Crippen LogP contribution < -0.4 is 10.6 Å². The summed E-state index contributed by atoms with van der Waals surface area (Å²) in [4.78, 5) is 52.6. The number of methoxy groups -OCH3 is 2. The molecule has 35 heavy (non-hydrogen) atoms. The van der Waals surface area contributed by atoms with Gasteiger partial charge in [0.2, 0.25) is 11.8 Å². The van der Waals surface area contributed by atoms with Gasteiger partial charge in [0.25, 0.3) is 0 Å². The summed E-state index contributed by atoms with van der Waals surface area (Å²) < 4.78 is 12.7. The number of amides is 2. The number of carbonyl (C=O) groups excluding carboxylic acids is 4. The van der Waals surface area contributed by atoms with E-state index in [0.29, 0.717) is 35.9 Å². The molecular formula is C23H32N6O6. The maximum atomic E-state index is 12.5. The third kappa shape index (κ3) is 6.93. The van der Waals surface area contributed by atoms with Gasteiger partial charge in [0.15, 0.2) is 0 Å². The molecule has 2 aromatic rings. The van der Waals surface area contributed by atoms with Crippen LogP contribution >= 0.6 is 0 Å².